The molecule has 0 saturated carbocycles. The number of carbonyl (C=O) groups is 2. The zero-order valence-corrected chi connectivity index (χ0v) is 16.2. The molecule has 2 rings (SSSR count). The Morgan fingerprint density at radius 1 is 1.30 bits per heavy atom. The minimum Gasteiger partial charge on any atom is -0.548 e. The van der Waals surface area contributed by atoms with Gasteiger partial charge in [-0.2, -0.15) is 0 Å². The number of fused-ring (bicyclic) bond motifs is 1. The van der Waals surface area contributed by atoms with Crippen LogP contribution in [0.4, 0.5) is 0 Å². The zero-order chi connectivity index (χ0) is 20.3. The van der Waals surface area contributed by atoms with Gasteiger partial charge in [0.2, 0.25) is 5.91 Å². The highest BCUT2D eigenvalue weighted by molar-refractivity contribution is 5.90. The Balaban J connectivity index is 2.41. The number of aryl methyl sites for hydroxylation is 2. The SMILES string of the molecule is CC[C@@H](C)[C@H](NC(=O)Cc1c(C)c2c(OC)cc(C)cc2oc1=O)C(=O)[O-]. The van der Waals surface area contributed by atoms with Crippen LogP contribution in [0.2, 0.25) is 0 Å². The van der Waals surface area contributed by atoms with E-state index in [1.54, 1.807) is 19.9 Å². The van der Waals surface area contributed by atoms with Crippen molar-refractivity contribution in [3.8, 4) is 5.75 Å². The van der Waals surface area contributed by atoms with Gasteiger partial charge in [0.1, 0.15) is 11.3 Å². The molecule has 0 aliphatic carbocycles. The average Bonchev–Trinajstić information content (AvgIpc) is 2.61. The van der Waals surface area contributed by atoms with E-state index in [2.05, 4.69) is 5.32 Å². The lowest BCUT2D eigenvalue weighted by Gasteiger charge is -2.25. The molecule has 2 atom stereocenters. The zero-order valence-electron chi connectivity index (χ0n) is 16.2. The lowest BCUT2D eigenvalue weighted by atomic mass is 9.98. The Bertz CT molecular complexity index is 930. The van der Waals surface area contributed by atoms with Crippen molar-refractivity contribution in [1.82, 2.24) is 5.32 Å². The second kappa shape index (κ2) is 8.24. The molecule has 1 aromatic heterocycles. The van der Waals surface area contributed by atoms with Gasteiger partial charge >= 0.3 is 5.63 Å². The first-order valence-corrected chi connectivity index (χ1v) is 8.80. The number of methoxy groups -OCH3 is 1. The molecule has 1 N–H and O–H groups in total. The Kier molecular flexibility index (Phi) is 6.25. The summed E-state index contributed by atoms with van der Waals surface area (Å²) < 4.78 is 10.8. The van der Waals surface area contributed by atoms with Gasteiger partial charge in [-0.3, -0.25) is 4.79 Å². The van der Waals surface area contributed by atoms with Gasteiger partial charge in [0.15, 0.2) is 0 Å². The Labute approximate surface area is 157 Å². The van der Waals surface area contributed by atoms with Gasteiger partial charge < -0.3 is 24.4 Å². The Morgan fingerprint density at radius 3 is 2.52 bits per heavy atom. The largest absolute Gasteiger partial charge is 0.548 e. The van der Waals surface area contributed by atoms with E-state index < -0.39 is 23.5 Å². The summed E-state index contributed by atoms with van der Waals surface area (Å²) in [5.41, 5.74) is 1.37. The van der Waals surface area contributed by atoms with Crippen LogP contribution in [-0.2, 0) is 16.0 Å². The first-order chi connectivity index (χ1) is 12.7. The van der Waals surface area contributed by atoms with Crippen LogP contribution in [0.15, 0.2) is 21.3 Å². The molecule has 0 spiro atoms. The first kappa shape index (κ1) is 20.5. The predicted octanol–water partition coefficient (Wildman–Crippen LogP) is 1.24. The number of aliphatic carboxylic acids is 1. The third-order valence-electron chi connectivity index (χ3n) is 4.83. The quantitative estimate of drug-likeness (QED) is 0.731. The highest BCUT2D eigenvalue weighted by atomic mass is 16.5. The number of ether oxygens (including phenoxy) is 1. The minimum atomic E-state index is -1.35. The monoisotopic (exact) mass is 374 g/mol. The molecule has 27 heavy (non-hydrogen) atoms. The maximum atomic E-state index is 12.4. The first-order valence-electron chi connectivity index (χ1n) is 8.80. The number of carboxylic acids is 1. The van der Waals surface area contributed by atoms with Gasteiger partial charge in [0, 0.05) is 0 Å². The van der Waals surface area contributed by atoms with Gasteiger partial charge in [-0.15, -0.1) is 0 Å². The second-order valence-corrected chi connectivity index (χ2v) is 6.76. The van der Waals surface area contributed by atoms with E-state index in [9.17, 15) is 19.5 Å². The van der Waals surface area contributed by atoms with Crippen molar-refractivity contribution in [2.75, 3.05) is 7.11 Å². The number of hydrogen-bond donors (Lipinski definition) is 1. The highest BCUT2D eigenvalue weighted by Crippen LogP contribution is 2.30. The molecule has 7 heteroatoms. The number of carbonyl (C=O) groups excluding carboxylic acids is 2. The van der Waals surface area contributed by atoms with E-state index >= 15 is 0 Å². The molecule has 0 fully saturated rings. The average molecular weight is 374 g/mol. The van der Waals surface area contributed by atoms with Gasteiger partial charge in [0.05, 0.1) is 36.5 Å². The Hall–Kier alpha value is -2.83. The summed E-state index contributed by atoms with van der Waals surface area (Å²) in [6.45, 7) is 7.10. The van der Waals surface area contributed by atoms with E-state index in [0.29, 0.717) is 28.7 Å². The molecule has 0 aliphatic rings. The van der Waals surface area contributed by atoms with Crippen molar-refractivity contribution in [2.24, 2.45) is 5.92 Å². The van der Waals surface area contributed by atoms with E-state index in [4.69, 9.17) is 9.15 Å². The third kappa shape index (κ3) is 4.30. The number of hydrogen-bond acceptors (Lipinski definition) is 6. The molecule has 0 saturated heterocycles. The molecule has 7 nitrogen and oxygen atoms in total. The molecular weight excluding hydrogens is 350 g/mol. The van der Waals surface area contributed by atoms with Gasteiger partial charge in [0.25, 0.3) is 0 Å². The highest BCUT2D eigenvalue weighted by Gasteiger charge is 2.22. The number of benzene rings is 1. The molecule has 0 bridgehead atoms. The summed E-state index contributed by atoms with van der Waals surface area (Å²) in [6, 6.07) is 2.42. The molecule has 0 radical (unpaired) electrons. The summed E-state index contributed by atoms with van der Waals surface area (Å²) in [7, 11) is 1.52. The van der Waals surface area contributed by atoms with Gasteiger partial charge in [-0.05, 0) is 43.0 Å². The van der Waals surface area contributed by atoms with Crippen molar-refractivity contribution >= 4 is 22.8 Å². The fraction of sp³-hybridized carbons (Fsp3) is 0.450. The number of nitrogens with one attached hydrogen (secondary N) is 1. The number of amides is 1. The summed E-state index contributed by atoms with van der Waals surface area (Å²) in [5.74, 6) is -1.68. The summed E-state index contributed by atoms with van der Waals surface area (Å²) in [4.78, 5) is 36.1. The maximum absolute atomic E-state index is 12.4. The van der Waals surface area contributed by atoms with Crippen molar-refractivity contribution in [3.63, 3.8) is 0 Å². The van der Waals surface area contributed by atoms with Crippen molar-refractivity contribution in [2.45, 2.75) is 46.6 Å². The summed E-state index contributed by atoms with van der Waals surface area (Å²) >= 11 is 0. The summed E-state index contributed by atoms with van der Waals surface area (Å²) in [5, 5.41) is 14.3. The number of rotatable bonds is 7. The predicted molar refractivity (Wildman–Crippen MR) is 98.6 cm³/mol. The lowest BCUT2D eigenvalue weighted by molar-refractivity contribution is -0.309. The van der Waals surface area contributed by atoms with Gasteiger partial charge in [-0.25, -0.2) is 4.79 Å². The minimum absolute atomic E-state index is 0.170. The number of carboxylic acid groups (broad SMARTS) is 1. The van der Waals surface area contributed by atoms with Crippen LogP contribution in [0.3, 0.4) is 0 Å². The molecule has 0 unspecified atom stereocenters. The van der Waals surface area contributed by atoms with Crippen LogP contribution < -0.4 is 20.8 Å². The molecule has 0 aliphatic heterocycles. The van der Waals surface area contributed by atoms with Crippen LogP contribution in [0.5, 0.6) is 5.75 Å². The van der Waals surface area contributed by atoms with Crippen LogP contribution in [0.25, 0.3) is 11.0 Å². The van der Waals surface area contributed by atoms with E-state index in [1.807, 2.05) is 19.9 Å². The van der Waals surface area contributed by atoms with Crippen LogP contribution in [-0.4, -0.2) is 25.0 Å². The molecule has 2 aromatic rings. The van der Waals surface area contributed by atoms with E-state index in [1.165, 1.54) is 7.11 Å². The van der Waals surface area contributed by atoms with Crippen molar-refractivity contribution < 1.29 is 23.8 Å². The fourth-order valence-electron chi connectivity index (χ4n) is 3.06. The second-order valence-electron chi connectivity index (χ2n) is 6.76. The van der Waals surface area contributed by atoms with Crippen LogP contribution >= 0.6 is 0 Å². The lowest BCUT2D eigenvalue weighted by Crippen LogP contribution is -2.51. The normalized spacial score (nSPS) is 13.2. The van der Waals surface area contributed by atoms with Gasteiger partial charge in [-0.1, -0.05) is 20.3 Å². The van der Waals surface area contributed by atoms with Crippen LogP contribution in [0.1, 0.15) is 37.0 Å². The molecular formula is C20H24NO6-. The smallest absolute Gasteiger partial charge is 0.340 e. The maximum Gasteiger partial charge on any atom is 0.340 e. The van der Waals surface area contributed by atoms with Crippen LogP contribution in [0, 0.1) is 19.8 Å². The van der Waals surface area contributed by atoms with Crippen molar-refractivity contribution in [3.05, 3.63) is 39.2 Å². The van der Waals surface area contributed by atoms with E-state index in [0.717, 1.165) is 5.56 Å². The van der Waals surface area contributed by atoms with E-state index in [-0.39, 0.29) is 17.9 Å². The third-order valence-corrected chi connectivity index (χ3v) is 4.83. The topological polar surface area (TPSA) is 109 Å². The molecule has 146 valence electrons. The molecule has 1 aromatic carbocycles. The standard InChI is InChI=1S/C20H25NO6/c1-6-11(3)18(19(23)24)21-16(22)9-13-12(4)17-14(26-5)7-10(2)8-15(17)27-20(13)25/h7-8,11,18H,6,9H2,1-5H3,(H,21,22)(H,23,24)/p-1/t11-,18+/m1/s1. The Morgan fingerprint density at radius 2 is 1.96 bits per heavy atom. The van der Waals surface area contributed by atoms with Crippen molar-refractivity contribution in [1.29, 1.82) is 0 Å². The molecule has 1 heterocycles. The fourth-order valence-corrected chi connectivity index (χ4v) is 3.06. The summed E-state index contributed by atoms with van der Waals surface area (Å²) in [6.07, 6.45) is 0.272. The molecule has 1 amide bonds.